The lowest BCUT2D eigenvalue weighted by Crippen LogP contribution is -2.49. The average molecular weight is 327 g/mol. The number of hydrogen-bond donors (Lipinski definition) is 1. The van der Waals surface area contributed by atoms with Crippen LogP contribution < -0.4 is 5.32 Å². The van der Waals surface area contributed by atoms with Crippen molar-refractivity contribution in [3.8, 4) is 0 Å². The van der Waals surface area contributed by atoms with E-state index in [1.54, 1.807) is 10.8 Å². The van der Waals surface area contributed by atoms with Crippen molar-refractivity contribution < 1.29 is 4.79 Å². The highest BCUT2D eigenvalue weighted by Gasteiger charge is 2.46. The maximum atomic E-state index is 12.4. The highest BCUT2D eigenvalue weighted by atomic mass is 16.2. The number of guanidine groups is 1. The predicted molar refractivity (Wildman–Crippen MR) is 89.5 cm³/mol. The molecule has 2 aromatic rings. The molecule has 8 nitrogen and oxygen atoms in total. The smallest absolute Gasteiger partial charge is 0.254 e. The minimum absolute atomic E-state index is 0.0377. The fraction of sp³-hybridized carbons (Fsp3) is 0.500. The van der Waals surface area contributed by atoms with Crippen LogP contribution in [0.3, 0.4) is 0 Å². The number of piperidine rings is 1. The number of nitrogens with zero attached hydrogens (tertiary/aromatic N) is 6. The molecular formula is C16H21N7O. The van der Waals surface area contributed by atoms with Crippen LogP contribution in [0.2, 0.25) is 0 Å². The maximum Gasteiger partial charge on any atom is 0.254 e. The van der Waals surface area contributed by atoms with Gasteiger partial charge in [0.2, 0.25) is 5.96 Å². The lowest BCUT2D eigenvalue weighted by molar-refractivity contribution is -0.125. The molecule has 2 aliphatic rings. The number of carbonyl (C=O) groups excluding carboxylic acids is 1. The molecule has 4 rings (SSSR count). The Balaban J connectivity index is 1.43. The van der Waals surface area contributed by atoms with Crippen molar-refractivity contribution in [2.75, 3.05) is 27.2 Å². The first-order chi connectivity index (χ1) is 11.6. The summed E-state index contributed by atoms with van der Waals surface area (Å²) in [5, 5.41) is 7.01. The van der Waals surface area contributed by atoms with Gasteiger partial charge in [0, 0.05) is 39.9 Å². The second kappa shape index (κ2) is 5.55. The van der Waals surface area contributed by atoms with Gasteiger partial charge < -0.3 is 4.90 Å². The minimum atomic E-state index is -0.576. The molecule has 1 fully saturated rings. The van der Waals surface area contributed by atoms with Gasteiger partial charge in [-0.05, 0) is 30.5 Å². The standard InChI is InChI=1S/C16H21N7O/c1-21(2)15-19-14(24)16(20-15)4-7-22(8-5-16)10-12-3-6-23-13(9-12)17-11-18-23/h3,6,9,11H,4-5,7-8,10H2,1-2H3,(H,19,20,24). The normalized spacial score (nSPS) is 20.4. The summed E-state index contributed by atoms with van der Waals surface area (Å²) < 4.78 is 1.76. The van der Waals surface area contributed by atoms with Gasteiger partial charge in [0.15, 0.2) is 5.65 Å². The van der Waals surface area contributed by atoms with E-state index in [9.17, 15) is 4.79 Å². The van der Waals surface area contributed by atoms with Gasteiger partial charge in [0.25, 0.3) is 5.91 Å². The maximum absolute atomic E-state index is 12.4. The molecule has 126 valence electrons. The molecule has 0 unspecified atom stereocenters. The molecule has 1 spiro atoms. The van der Waals surface area contributed by atoms with Gasteiger partial charge >= 0.3 is 0 Å². The second-order valence-electron chi connectivity index (χ2n) is 6.69. The largest absolute Gasteiger partial charge is 0.349 e. The van der Waals surface area contributed by atoms with Gasteiger partial charge in [0.1, 0.15) is 11.9 Å². The molecule has 0 radical (unpaired) electrons. The van der Waals surface area contributed by atoms with Crippen LogP contribution in [0.4, 0.5) is 0 Å². The van der Waals surface area contributed by atoms with Crippen LogP contribution in [0.25, 0.3) is 5.65 Å². The molecule has 0 bridgehead atoms. The fourth-order valence-electron chi connectivity index (χ4n) is 3.35. The van der Waals surface area contributed by atoms with E-state index >= 15 is 0 Å². The van der Waals surface area contributed by atoms with Crippen LogP contribution in [0, 0.1) is 0 Å². The zero-order valence-electron chi connectivity index (χ0n) is 13.9. The Morgan fingerprint density at radius 2 is 2.12 bits per heavy atom. The van der Waals surface area contributed by atoms with Crippen LogP contribution in [0.15, 0.2) is 29.6 Å². The molecule has 24 heavy (non-hydrogen) atoms. The Labute approximate surface area is 140 Å². The van der Waals surface area contributed by atoms with E-state index in [0.717, 1.165) is 38.1 Å². The molecule has 4 heterocycles. The van der Waals surface area contributed by atoms with Crippen molar-refractivity contribution in [3.63, 3.8) is 0 Å². The summed E-state index contributed by atoms with van der Waals surface area (Å²) in [7, 11) is 3.79. The summed E-state index contributed by atoms with van der Waals surface area (Å²) in [5.74, 6) is 0.710. The summed E-state index contributed by atoms with van der Waals surface area (Å²) in [6.07, 6.45) is 5.00. The van der Waals surface area contributed by atoms with Crippen molar-refractivity contribution >= 4 is 17.5 Å². The van der Waals surface area contributed by atoms with Crippen LogP contribution in [-0.4, -0.2) is 69.0 Å². The topological polar surface area (TPSA) is 78.1 Å². The third kappa shape index (κ3) is 2.52. The molecule has 0 atom stereocenters. The van der Waals surface area contributed by atoms with Crippen molar-refractivity contribution in [2.24, 2.45) is 4.99 Å². The Morgan fingerprint density at radius 1 is 1.33 bits per heavy atom. The Morgan fingerprint density at radius 3 is 2.83 bits per heavy atom. The van der Waals surface area contributed by atoms with Gasteiger partial charge in [-0.25, -0.2) is 14.5 Å². The van der Waals surface area contributed by atoms with E-state index in [1.165, 1.54) is 5.56 Å². The Kier molecular flexibility index (Phi) is 3.49. The Hall–Kier alpha value is -2.48. The number of hydrogen-bond acceptors (Lipinski definition) is 6. The number of likely N-dealkylation sites (tertiary alicyclic amines) is 1. The number of aromatic nitrogens is 3. The molecule has 1 saturated heterocycles. The summed E-state index contributed by atoms with van der Waals surface area (Å²) in [6.45, 7) is 2.57. The van der Waals surface area contributed by atoms with E-state index in [0.29, 0.717) is 5.96 Å². The van der Waals surface area contributed by atoms with Crippen LogP contribution in [0.5, 0.6) is 0 Å². The SMILES string of the molecule is CN(C)C1=NC2(CCN(Cc3ccn4ncnc4c3)CC2)C(=O)N1. The van der Waals surface area contributed by atoms with Crippen LogP contribution in [0.1, 0.15) is 18.4 Å². The number of fused-ring (bicyclic) bond motifs is 1. The number of carbonyl (C=O) groups is 1. The quantitative estimate of drug-likeness (QED) is 0.847. The third-order valence-electron chi connectivity index (χ3n) is 4.83. The molecule has 2 aromatic heterocycles. The van der Waals surface area contributed by atoms with E-state index in [2.05, 4.69) is 37.4 Å². The number of nitrogens with one attached hydrogen (secondary N) is 1. The van der Waals surface area contributed by atoms with Gasteiger partial charge in [0.05, 0.1) is 0 Å². The molecule has 2 aliphatic heterocycles. The van der Waals surface area contributed by atoms with Crippen molar-refractivity contribution in [2.45, 2.75) is 24.9 Å². The Bertz CT molecular complexity index is 802. The lowest BCUT2D eigenvalue weighted by atomic mass is 9.88. The minimum Gasteiger partial charge on any atom is -0.349 e. The molecule has 0 aliphatic carbocycles. The predicted octanol–water partition coefficient (Wildman–Crippen LogP) is 0.111. The highest BCUT2D eigenvalue weighted by Crippen LogP contribution is 2.30. The molecule has 1 amide bonds. The number of amides is 1. The zero-order chi connectivity index (χ0) is 16.7. The number of aliphatic imine (C=N–C) groups is 1. The summed E-state index contributed by atoms with van der Waals surface area (Å²) >= 11 is 0. The first-order valence-corrected chi connectivity index (χ1v) is 8.15. The van der Waals surface area contributed by atoms with Gasteiger partial charge in [-0.2, -0.15) is 5.10 Å². The van der Waals surface area contributed by atoms with E-state index < -0.39 is 5.54 Å². The van der Waals surface area contributed by atoms with E-state index in [4.69, 9.17) is 0 Å². The summed E-state index contributed by atoms with van der Waals surface area (Å²) in [6, 6.07) is 4.12. The van der Waals surface area contributed by atoms with E-state index in [1.807, 2.05) is 25.2 Å². The van der Waals surface area contributed by atoms with E-state index in [-0.39, 0.29) is 5.91 Å². The van der Waals surface area contributed by atoms with Crippen molar-refractivity contribution in [1.29, 1.82) is 0 Å². The third-order valence-corrected chi connectivity index (χ3v) is 4.83. The highest BCUT2D eigenvalue weighted by molar-refractivity contribution is 6.07. The van der Waals surface area contributed by atoms with Crippen LogP contribution in [-0.2, 0) is 11.3 Å². The molecule has 1 N–H and O–H groups in total. The average Bonchev–Trinajstić information content (AvgIpc) is 3.15. The molecular weight excluding hydrogens is 306 g/mol. The van der Waals surface area contributed by atoms with Gasteiger partial charge in [-0.15, -0.1) is 0 Å². The zero-order valence-corrected chi connectivity index (χ0v) is 13.9. The monoisotopic (exact) mass is 327 g/mol. The molecule has 0 aromatic carbocycles. The van der Waals surface area contributed by atoms with Gasteiger partial charge in [-0.1, -0.05) is 0 Å². The first-order valence-electron chi connectivity index (χ1n) is 8.15. The lowest BCUT2D eigenvalue weighted by Gasteiger charge is -2.35. The first kappa shape index (κ1) is 15.1. The second-order valence-corrected chi connectivity index (χ2v) is 6.69. The van der Waals surface area contributed by atoms with Crippen LogP contribution >= 0.6 is 0 Å². The van der Waals surface area contributed by atoms with Crippen molar-refractivity contribution in [3.05, 3.63) is 30.2 Å². The molecule has 0 saturated carbocycles. The number of pyridine rings is 1. The summed E-state index contributed by atoms with van der Waals surface area (Å²) in [4.78, 5) is 25.5. The number of rotatable bonds is 2. The van der Waals surface area contributed by atoms with Gasteiger partial charge in [-0.3, -0.25) is 15.0 Å². The van der Waals surface area contributed by atoms with Crippen molar-refractivity contribution in [1.82, 2.24) is 29.7 Å². The summed E-state index contributed by atoms with van der Waals surface area (Å²) in [5.41, 5.74) is 1.49. The molecule has 8 heteroatoms. The fourth-order valence-corrected chi connectivity index (χ4v) is 3.35.